The lowest BCUT2D eigenvalue weighted by atomic mass is 10.0. The molecule has 2 rings (SSSR count). The summed E-state index contributed by atoms with van der Waals surface area (Å²) in [4.78, 5) is 0.379. The van der Waals surface area contributed by atoms with Gasteiger partial charge in [-0.3, -0.25) is 0 Å². The van der Waals surface area contributed by atoms with E-state index in [1.807, 2.05) is 12.1 Å². The maximum absolute atomic E-state index is 11.4. The number of benzene rings is 1. The zero-order valence-electron chi connectivity index (χ0n) is 11.4. The average molecular weight is 283 g/mol. The summed E-state index contributed by atoms with van der Waals surface area (Å²) in [5, 5.41) is 3.50. The minimum atomic E-state index is -3.09. The van der Waals surface area contributed by atoms with E-state index in [9.17, 15) is 8.42 Å². The van der Waals surface area contributed by atoms with Crippen molar-refractivity contribution in [3.05, 3.63) is 29.8 Å². The van der Waals surface area contributed by atoms with Crippen molar-refractivity contribution in [1.82, 2.24) is 5.32 Å². The van der Waals surface area contributed by atoms with Crippen LogP contribution in [-0.2, 0) is 21.0 Å². The third kappa shape index (κ3) is 4.30. The van der Waals surface area contributed by atoms with Crippen molar-refractivity contribution in [2.45, 2.75) is 36.7 Å². The molecule has 0 spiro atoms. The first-order valence-corrected chi connectivity index (χ1v) is 8.47. The van der Waals surface area contributed by atoms with Crippen LogP contribution < -0.4 is 5.32 Å². The fourth-order valence-corrected chi connectivity index (χ4v) is 2.93. The third-order valence-electron chi connectivity index (χ3n) is 3.34. The molecule has 0 radical (unpaired) electrons. The molecule has 1 aromatic carbocycles. The summed E-state index contributed by atoms with van der Waals surface area (Å²) in [7, 11) is -3.09. The number of aryl methyl sites for hydroxylation is 1. The molecule has 4 nitrogen and oxygen atoms in total. The van der Waals surface area contributed by atoms with Crippen LogP contribution in [-0.4, -0.2) is 40.0 Å². The van der Waals surface area contributed by atoms with Gasteiger partial charge in [0.1, 0.15) is 0 Å². The highest BCUT2D eigenvalue weighted by Crippen LogP contribution is 2.13. The van der Waals surface area contributed by atoms with Crippen LogP contribution in [0.5, 0.6) is 0 Å². The van der Waals surface area contributed by atoms with Crippen LogP contribution in [0.25, 0.3) is 0 Å². The van der Waals surface area contributed by atoms with E-state index in [1.54, 1.807) is 12.1 Å². The van der Waals surface area contributed by atoms with Gasteiger partial charge in [0.25, 0.3) is 0 Å². The predicted molar refractivity (Wildman–Crippen MR) is 75.1 cm³/mol. The quantitative estimate of drug-likeness (QED) is 0.907. The Morgan fingerprint density at radius 3 is 2.53 bits per heavy atom. The summed E-state index contributed by atoms with van der Waals surface area (Å²) in [6.07, 6.45) is 3.16. The Labute approximate surface area is 115 Å². The number of nitrogens with one attached hydrogen (secondary N) is 1. The zero-order valence-corrected chi connectivity index (χ0v) is 12.2. The first-order valence-electron chi connectivity index (χ1n) is 6.58. The van der Waals surface area contributed by atoms with Crippen LogP contribution in [0.3, 0.4) is 0 Å². The molecule has 1 aliphatic rings. The minimum Gasteiger partial charge on any atom is -0.378 e. The molecular weight excluding hydrogens is 262 g/mol. The van der Waals surface area contributed by atoms with Gasteiger partial charge in [0, 0.05) is 18.3 Å². The van der Waals surface area contributed by atoms with Gasteiger partial charge >= 0.3 is 0 Å². The van der Waals surface area contributed by atoms with Crippen molar-refractivity contribution in [3.8, 4) is 0 Å². The van der Waals surface area contributed by atoms with Gasteiger partial charge in [-0.1, -0.05) is 12.1 Å². The SMILES string of the molecule is CC1COCC(CCc2ccc(S(C)(=O)=O)cc2)N1. The monoisotopic (exact) mass is 283 g/mol. The summed E-state index contributed by atoms with van der Waals surface area (Å²) in [6.45, 7) is 3.65. The molecular formula is C14H21NO3S. The van der Waals surface area contributed by atoms with Crippen LogP contribution in [0.1, 0.15) is 18.9 Å². The second kappa shape index (κ2) is 6.03. The molecule has 0 saturated carbocycles. The Morgan fingerprint density at radius 1 is 1.26 bits per heavy atom. The molecule has 0 amide bonds. The van der Waals surface area contributed by atoms with Crippen LogP contribution in [0.4, 0.5) is 0 Å². The molecule has 1 saturated heterocycles. The highest BCUT2D eigenvalue weighted by Gasteiger charge is 2.17. The fraction of sp³-hybridized carbons (Fsp3) is 0.571. The van der Waals surface area contributed by atoms with Gasteiger partial charge in [-0.25, -0.2) is 8.42 Å². The molecule has 1 aliphatic heterocycles. The molecule has 0 bridgehead atoms. The Kier molecular flexibility index (Phi) is 4.60. The van der Waals surface area contributed by atoms with Crippen molar-refractivity contribution in [2.24, 2.45) is 0 Å². The van der Waals surface area contributed by atoms with E-state index < -0.39 is 9.84 Å². The Balaban J connectivity index is 1.89. The summed E-state index contributed by atoms with van der Waals surface area (Å²) < 4.78 is 28.2. The number of rotatable bonds is 4. The fourth-order valence-electron chi connectivity index (χ4n) is 2.30. The second-order valence-corrected chi connectivity index (χ2v) is 7.27. The minimum absolute atomic E-state index is 0.379. The molecule has 5 heteroatoms. The second-order valence-electron chi connectivity index (χ2n) is 5.26. The van der Waals surface area contributed by atoms with Gasteiger partial charge in [-0.15, -0.1) is 0 Å². The summed E-state index contributed by atoms with van der Waals surface area (Å²) >= 11 is 0. The highest BCUT2D eigenvalue weighted by molar-refractivity contribution is 7.90. The first kappa shape index (κ1) is 14.5. The molecule has 0 aliphatic carbocycles. The number of hydrogen-bond acceptors (Lipinski definition) is 4. The standard InChI is InChI=1S/C14H21NO3S/c1-11-9-18-10-13(15-11)6-3-12-4-7-14(8-5-12)19(2,16)17/h4-5,7-8,11,13,15H,3,6,9-10H2,1-2H3. The largest absolute Gasteiger partial charge is 0.378 e. The van der Waals surface area contributed by atoms with E-state index in [4.69, 9.17) is 4.74 Å². The van der Waals surface area contributed by atoms with Crippen molar-refractivity contribution in [1.29, 1.82) is 0 Å². The normalized spacial score (nSPS) is 24.3. The third-order valence-corrected chi connectivity index (χ3v) is 4.47. The topological polar surface area (TPSA) is 55.4 Å². The number of ether oxygens (including phenoxy) is 1. The van der Waals surface area contributed by atoms with Crippen LogP contribution >= 0.6 is 0 Å². The van der Waals surface area contributed by atoms with Gasteiger partial charge in [0.05, 0.1) is 18.1 Å². The molecule has 2 unspecified atom stereocenters. The Bertz CT molecular complexity index is 510. The van der Waals surface area contributed by atoms with Crippen LogP contribution in [0.2, 0.25) is 0 Å². The van der Waals surface area contributed by atoms with E-state index >= 15 is 0 Å². The summed E-state index contributed by atoms with van der Waals surface area (Å²) in [6, 6.07) is 7.94. The van der Waals surface area contributed by atoms with E-state index in [0.29, 0.717) is 17.0 Å². The van der Waals surface area contributed by atoms with Crippen molar-refractivity contribution < 1.29 is 13.2 Å². The lowest BCUT2D eigenvalue weighted by Crippen LogP contribution is -2.47. The lowest BCUT2D eigenvalue weighted by Gasteiger charge is -2.29. The van der Waals surface area contributed by atoms with Crippen molar-refractivity contribution in [3.63, 3.8) is 0 Å². The van der Waals surface area contributed by atoms with Gasteiger partial charge in [0.2, 0.25) is 0 Å². The van der Waals surface area contributed by atoms with Gasteiger partial charge in [-0.05, 0) is 37.5 Å². The Morgan fingerprint density at radius 2 is 1.95 bits per heavy atom. The maximum Gasteiger partial charge on any atom is 0.175 e. The van der Waals surface area contributed by atoms with Gasteiger partial charge < -0.3 is 10.1 Å². The molecule has 106 valence electrons. The maximum atomic E-state index is 11.4. The number of morpholine rings is 1. The molecule has 19 heavy (non-hydrogen) atoms. The molecule has 1 heterocycles. The van der Waals surface area contributed by atoms with Crippen LogP contribution in [0, 0.1) is 0 Å². The van der Waals surface area contributed by atoms with Crippen molar-refractivity contribution >= 4 is 9.84 Å². The number of sulfone groups is 1. The van der Waals surface area contributed by atoms with Crippen molar-refractivity contribution in [2.75, 3.05) is 19.5 Å². The number of hydrogen-bond donors (Lipinski definition) is 1. The molecule has 1 fully saturated rings. The average Bonchev–Trinajstić information content (AvgIpc) is 2.36. The van der Waals surface area contributed by atoms with E-state index in [-0.39, 0.29) is 0 Å². The summed E-state index contributed by atoms with van der Waals surface area (Å²) in [5.74, 6) is 0. The Hall–Kier alpha value is -0.910. The zero-order chi connectivity index (χ0) is 13.9. The molecule has 1 aromatic rings. The molecule has 2 atom stereocenters. The van der Waals surface area contributed by atoms with E-state index in [1.165, 1.54) is 6.26 Å². The van der Waals surface area contributed by atoms with Crippen LogP contribution in [0.15, 0.2) is 29.2 Å². The predicted octanol–water partition coefficient (Wildman–Crippen LogP) is 1.40. The molecule has 0 aromatic heterocycles. The lowest BCUT2D eigenvalue weighted by molar-refractivity contribution is 0.0483. The van der Waals surface area contributed by atoms with E-state index in [2.05, 4.69) is 12.2 Å². The van der Waals surface area contributed by atoms with Gasteiger partial charge in [-0.2, -0.15) is 0 Å². The smallest absolute Gasteiger partial charge is 0.175 e. The highest BCUT2D eigenvalue weighted by atomic mass is 32.2. The van der Waals surface area contributed by atoms with E-state index in [0.717, 1.165) is 31.6 Å². The molecule has 1 N–H and O–H groups in total. The van der Waals surface area contributed by atoms with Gasteiger partial charge in [0.15, 0.2) is 9.84 Å². The summed E-state index contributed by atoms with van der Waals surface area (Å²) in [5.41, 5.74) is 1.16. The first-order chi connectivity index (χ1) is 8.95.